The highest BCUT2D eigenvalue weighted by atomic mass is 35.5. The van der Waals surface area contributed by atoms with Crippen molar-refractivity contribution in [3.63, 3.8) is 0 Å². The van der Waals surface area contributed by atoms with Crippen molar-refractivity contribution >= 4 is 23.4 Å². The van der Waals surface area contributed by atoms with Crippen LogP contribution in [0.25, 0.3) is 0 Å². The molecule has 1 aromatic carbocycles. The molecule has 1 aromatic heterocycles. The lowest BCUT2D eigenvalue weighted by atomic mass is 10.1. The number of nitrogens with zero attached hydrogens (tertiary/aromatic N) is 1. The number of carbonyl (C=O) groups excluding carboxylic acids is 2. The third-order valence-corrected chi connectivity index (χ3v) is 4.43. The number of pyridine rings is 1. The minimum absolute atomic E-state index is 0.0604. The third kappa shape index (κ3) is 7.26. The Labute approximate surface area is 179 Å². The summed E-state index contributed by atoms with van der Waals surface area (Å²) < 4.78 is 29.4. The molecule has 6 nitrogen and oxygen atoms in total. The van der Waals surface area contributed by atoms with Gasteiger partial charge in [-0.15, -0.1) is 0 Å². The van der Waals surface area contributed by atoms with Crippen LogP contribution in [0.15, 0.2) is 36.5 Å². The molecular formula is C21H24ClF2N3O3. The van der Waals surface area contributed by atoms with E-state index in [9.17, 15) is 18.4 Å². The second-order valence-electron chi connectivity index (χ2n) is 6.84. The van der Waals surface area contributed by atoms with Crippen LogP contribution in [0, 0.1) is 5.92 Å². The zero-order chi connectivity index (χ0) is 22.1. The fourth-order valence-electron chi connectivity index (χ4n) is 2.55. The molecule has 0 aliphatic rings. The quantitative estimate of drug-likeness (QED) is 0.592. The molecule has 2 aromatic rings. The Bertz CT molecular complexity index is 878. The van der Waals surface area contributed by atoms with Gasteiger partial charge in [0.2, 0.25) is 5.91 Å². The first-order valence-electron chi connectivity index (χ1n) is 9.47. The van der Waals surface area contributed by atoms with Gasteiger partial charge in [0.15, 0.2) is 0 Å². The number of amides is 2. The Kier molecular flexibility index (Phi) is 8.98. The lowest BCUT2D eigenvalue weighted by Gasteiger charge is -2.12. The Hall–Kier alpha value is -2.74. The van der Waals surface area contributed by atoms with E-state index in [0.29, 0.717) is 29.8 Å². The van der Waals surface area contributed by atoms with E-state index in [1.807, 2.05) is 0 Å². The van der Waals surface area contributed by atoms with Crippen LogP contribution in [0.5, 0.6) is 5.75 Å². The smallest absolute Gasteiger partial charge is 0.272 e. The first-order valence-corrected chi connectivity index (χ1v) is 9.85. The molecule has 0 fully saturated rings. The SMILES string of the molecule is CC(C)C(=O)NCCc1ncccc1C(=O)NCc1ccc(OCC(F)F)c(Cl)c1. The van der Waals surface area contributed by atoms with Crippen molar-refractivity contribution in [2.75, 3.05) is 13.2 Å². The molecule has 0 atom stereocenters. The molecule has 2 rings (SSSR count). The largest absolute Gasteiger partial charge is 0.486 e. The minimum atomic E-state index is -2.59. The van der Waals surface area contributed by atoms with Gasteiger partial charge in [-0.3, -0.25) is 14.6 Å². The van der Waals surface area contributed by atoms with Gasteiger partial charge in [0.05, 0.1) is 16.3 Å². The molecule has 0 saturated carbocycles. The van der Waals surface area contributed by atoms with Crippen molar-refractivity contribution in [1.82, 2.24) is 15.6 Å². The average Bonchev–Trinajstić information content (AvgIpc) is 2.71. The fourth-order valence-corrected chi connectivity index (χ4v) is 2.81. The molecule has 0 aliphatic carbocycles. The Morgan fingerprint density at radius 2 is 1.97 bits per heavy atom. The van der Waals surface area contributed by atoms with Crippen molar-refractivity contribution in [2.45, 2.75) is 33.2 Å². The molecule has 0 unspecified atom stereocenters. The molecule has 9 heteroatoms. The number of alkyl halides is 2. The van der Waals surface area contributed by atoms with Gasteiger partial charge in [-0.1, -0.05) is 31.5 Å². The van der Waals surface area contributed by atoms with Crippen LogP contribution in [-0.2, 0) is 17.8 Å². The van der Waals surface area contributed by atoms with E-state index in [-0.39, 0.29) is 35.0 Å². The van der Waals surface area contributed by atoms with Crippen LogP contribution < -0.4 is 15.4 Å². The summed E-state index contributed by atoms with van der Waals surface area (Å²) in [4.78, 5) is 28.5. The van der Waals surface area contributed by atoms with Crippen LogP contribution in [0.2, 0.25) is 5.02 Å². The van der Waals surface area contributed by atoms with Crippen molar-refractivity contribution in [3.05, 3.63) is 58.4 Å². The average molecular weight is 440 g/mol. The fraction of sp³-hybridized carbons (Fsp3) is 0.381. The third-order valence-electron chi connectivity index (χ3n) is 4.13. The zero-order valence-electron chi connectivity index (χ0n) is 16.8. The molecule has 2 amide bonds. The van der Waals surface area contributed by atoms with Crippen LogP contribution in [0.1, 0.15) is 35.5 Å². The minimum Gasteiger partial charge on any atom is -0.486 e. The summed E-state index contributed by atoms with van der Waals surface area (Å²) in [5.74, 6) is -0.335. The lowest BCUT2D eigenvalue weighted by molar-refractivity contribution is -0.123. The molecular weight excluding hydrogens is 416 g/mol. The highest BCUT2D eigenvalue weighted by Crippen LogP contribution is 2.26. The summed E-state index contributed by atoms with van der Waals surface area (Å²) in [7, 11) is 0. The maximum atomic E-state index is 12.6. The highest BCUT2D eigenvalue weighted by Gasteiger charge is 2.14. The van der Waals surface area contributed by atoms with Gasteiger partial charge in [-0.2, -0.15) is 0 Å². The summed E-state index contributed by atoms with van der Waals surface area (Å²) in [5.41, 5.74) is 1.68. The number of aromatic nitrogens is 1. The highest BCUT2D eigenvalue weighted by molar-refractivity contribution is 6.32. The van der Waals surface area contributed by atoms with Gasteiger partial charge < -0.3 is 15.4 Å². The Morgan fingerprint density at radius 1 is 1.20 bits per heavy atom. The molecule has 162 valence electrons. The molecule has 0 spiro atoms. The lowest BCUT2D eigenvalue weighted by Crippen LogP contribution is -2.30. The number of ether oxygens (including phenoxy) is 1. The number of halogens is 3. The summed E-state index contributed by atoms with van der Waals surface area (Å²) >= 11 is 6.05. The maximum absolute atomic E-state index is 12.6. The normalized spacial score (nSPS) is 10.9. The standard InChI is InChI=1S/C21H24ClF2N3O3/c1-13(2)20(28)26-9-7-17-15(4-3-8-25-17)21(29)27-11-14-5-6-18(16(22)10-14)30-12-19(23)24/h3-6,8,10,13,19H,7,9,11-12H2,1-2H3,(H,26,28)(H,27,29). The van der Waals surface area contributed by atoms with Crippen LogP contribution in [-0.4, -0.2) is 36.4 Å². The van der Waals surface area contributed by atoms with Crippen LogP contribution in [0.4, 0.5) is 8.78 Å². The predicted molar refractivity (Wildman–Crippen MR) is 110 cm³/mol. The Balaban J connectivity index is 1.95. The summed E-state index contributed by atoms with van der Waals surface area (Å²) in [6.45, 7) is 3.44. The number of carbonyl (C=O) groups is 2. The Morgan fingerprint density at radius 3 is 2.63 bits per heavy atom. The molecule has 0 saturated heterocycles. The monoisotopic (exact) mass is 439 g/mol. The summed E-state index contributed by atoms with van der Waals surface area (Å²) in [6, 6.07) is 8.00. The van der Waals surface area contributed by atoms with E-state index >= 15 is 0 Å². The molecule has 0 aliphatic heterocycles. The van der Waals surface area contributed by atoms with Gasteiger partial charge in [-0.05, 0) is 29.8 Å². The van der Waals surface area contributed by atoms with E-state index < -0.39 is 13.0 Å². The van der Waals surface area contributed by atoms with Gasteiger partial charge in [-0.25, -0.2) is 8.78 Å². The summed E-state index contributed by atoms with van der Waals surface area (Å²) in [5, 5.41) is 5.77. The van der Waals surface area contributed by atoms with Gasteiger partial charge >= 0.3 is 0 Å². The molecule has 0 radical (unpaired) electrons. The zero-order valence-corrected chi connectivity index (χ0v) is 17.5. The maximum Gasteiger partial charge on any atom is 0.272 e. The number of rotatable bonds is 10. The van der Waals surface area contributed by atoms with Gasteiger partial charge in [0, 0.05) is 31.6 Å². The number of hydrogen-bond donors (Lipinski definition) is 2. The van der Waals surface area contributed by atoms with E-state index in [1.165, 1.54) is 6.07 Å². The molecule has 2 N–H and O–H groups in total. The molecule has 1 heterocycles. The number of benzene rings is 1. The first kappa shape index (κ1) is 23.5. The molecule has 30 heavy (non-hydrogen) atoms. The second-order valence-corrected chi connectivity index (χ2v) is 7.25. The summed E-state index contributed by atoms with van der Waals surface area (Å²) in [6.07, 6.45) is -0.578. The van der Waals surface area contributed by atoms with Gasteiger partial charge in [0.1, 0.15) is 12.4 Å². The first-order chi connectivity index (χ1) is 14.3. The topological polar surface area (TPSA) is 80.3 Å². The molecule has 0 bridgehead atoms. The van der Waals surface area contributed by atoms with E-state index in [0.717, 1.165) is 0 Å². The van der Waals surface area contributed by atoms with E-state index in [4.69, 9.17) is 16.3 Å². The number of nitrogens with one attached hydrogen (secondary N) is 2. The van der Waals surface area contributed by atoms with Crippen molar-refractivity contribution in [2.24, 2.45) is 5.92 Å². The van der Waals surface area contributed by atoms with E-state index in [2.05, 4.69) is 15.6 Å². The second kappa shape index (κ2) is 11.4. The van der Waals surface area contributed by atoms with Crippen molar-refractivity contribution in [1.29, 1.82) is 0 Å². The predicted octanol–water partition coefficient (Wildman–Crippen LogP) is 3.62. The van der Waals surface area contributed by atoms with E-state index in [1.54, 1.807) is 44.3 Å². The van der Waals surface area contributed by atoms with Crippen LogP contribution >= 0.6 is 11.6 Å². The van der Waals surface area contributed by atoms with Crippen molar-refractivity contribution < 1.29 is 23.1 Å². The van der Waals surface area contributed by atoms with Crippen molar-refractivity contribution in [3.8, 4) is 5.75 Å². The van der Waals surface area contributed by atoms with Gasteiger partial charge in [0.25, 0.3) is 12.3 Å². The van der Waals surface area contributed by atoms with Crippen LogP contribution in [0.3, 0.4) is 0 Å². The number of hydrogen-bond acceptors (Lipinski definition) is 4.